The smallest absolute Gasteiger partial charge is 0.429 e. The Morgan fingerprint density at radius 3 is 2.42 bits per heavy atom. The van der Waals surface area contributed by atoms with Crippen LogP contribution in [0.1, 0.15) is 12.0 Å². The van der Waals surface area contributed by atoms with Gasteiger partial charge in [-0.15, -0.1) is 6.42 Å². The third-order valence-electron chi connectivity index (χ3n) is 3.52. The second kappa shape index (κ2) is 7.36. The Labute approximate surface area is 141 Å². The van der Waals surface area contributed by atoms with E-state index >= 15 is 0 Å². The number of hydrogen-bond acceptors (Lipinski definition) is 5. The van der Waals surface area contributed by atoms with Gasteiger partial charge < -0.3 is 4.74 Å². The van der Waals surface area contributed by atoms with Crippen molar-refractivity contribution in [2.75, 3.05) is 26.0 Å². The minimum absolute atomic E-state index is 0.0585. The number of terminal acetylenes is 1. The van der Waals surface area contributed by atoms with Gasteiger partial charge in [-0.25, -0.2) is 23.2 Å². The number of hydrazine groups is 1. The number of nitrogens with zero attached hydrogens (tertiary/aromatic N) is 2. The average molecular weight is 350 g/mol. The Balaban J connectivity index is 2.03. The molecule has 0 aromatic heterocycles. The first-order valence-corrected chi connectivity index (χ1v) is 9.19. The molecule has 2 rings (SSSR count). The third-order valence-corrected chi connectivity index (χ3v) is 4.64. The number of rotatable bonds is 4. The van der Waals surface area contributed by atoms with E-state index < -0.39 is 15.9 Å². The van der Waals surface area contributed by atoms with E-state index in [0.29, 0.717) is 25.1 Å². The maximum absolute atomic E-state index is 12.4. The highest BCUT2D eigenvalue weighted by Crippen LogP contribution is 2.16. The molecule has 0 aliphatic carbocycles. The number of amides is 2. The maximum Gasteiger partial charge on any atom is 0.429 e. The lowest BCUT2D eigenvalue weighted by molar-refractivity contribution is -0.140. The van der Waals surface area contributed by atoms with Gasteiger partial charge in [0.1, 0.15) is 0 Å². The number of ether oxygens (including phenoxy) is 1. The molecule has 1 fully saturated rings. The van der Waals surface area contributed by atoms with Crippen LogP contribution in [-0.4, -0.2) is 56.4 Å². The molecule has 1 aromatic rings. The monoisotopic (exact) mass is 350 g/mol. The molecule has 0 unspecified atom stereocenters. The van der Waals surface area contributed by atoms with E-state index in [2.05, 4.69) is 5.92 Å². The molecule has 0 atom stereocenters. The third kappa shape index (κ3) is 4.26. The molecular formula is C16H18N2O5S. The van der Waals surface area contributed by atoms with Gasteiger partial charge in [0.2, 0.25) is 5.91 Å². The van der Waals surface area contributed by atoms with Crippen LogP contribution in [0.15, 0.2) is 29.2 Å². The van der Waals surface area contributed by atoms with Crippen molar-refractivity contribution in [1.29, 1.82) is 0 Å². The molecule has 1 aromatic carbocycles. The van der Waals surface area contributed by atoms with Crippen molar-refractivity contribution < 1.29 is 22.7 Å². The largest absolute Gasteiger partial charge is 0.435 e. The van der Waals surface area contributed by atoms with E-state index in [0.717, 1.165) is 6.26 Å². The van der Waals surface area contributed by atoms with Crippen LogP contribution in [0.2, 0.25) is 0 Å². The molecule has 1 aliphatic rings. The molecule has 2 amide bonds. The van der Waals surface area contributed by atoms with E-state index in [1.165, 1.54) is 22.2 Å². The fraction of sp³-hybridized carbons (Fsp3) is 0.375. The maximum atomic E-state index is 12.4. The van der Waals surface area contributed by atoms with Crippen LogP contribution in [0.5, 0.6) is 0 Å². The molecular weight excluding hydrogens is 332 g/mol. The summed E-state index contributed by atoms with van der Waals surface area (Å²) in [4.78, 5) is 24.5. The van der Waals surface area contributed by atoms with E-state index in [-0.39, 0.29) is 23.8 Å². The van der Waals surface area contributed by atoms with Gasteiger partial charge in [-0.05, 0) is 24.1 Å². The van der Waals surface area contributed by atoms with Gasteiger partial charge in [0.05, 0.1) is 11.3 Å². The Morgan fingerprint density at radius 2 is 1.83 bits per heavy atom. The fourth-order valence-electron chi connectivity index (χ4n) is 2.36. The summed E-state index contributed by atoms with van der Waals surface area (Å²) in [5.74, 6) is 1.93. The summed E-state index contributed by atoms with van der Waals surface area (Å²) in [7, 11) is -3.27. The molecule has 1 saturated heterocycles. The van der Waals surface area contributed by atoms with Crippen LogP contribution in [-0.2, 0) is 25.8 Å². The Kier molecular flexibility index (Phi) is 5.46. The van der Waals surface area contributed by atoms with Crippen molar-refractivity contribution in [3.8, 4) is 12.3 Å². The van der Waals surface area contributed by atoms with Gasteiger partial charge in [0, 0.05) is 19.3 Å². The fourth-order valence-corrected chi connectivity index (χ4v) is 2.99. The van der Waals surface area contributed by atoms with Gasteiger partial charge in [0.15, 0.2) is 16.4 Å². The van der Waals surface area contributed by atoms with Crippen LogP contribution >= 0.6 is 0 Å². The molecule has 0 saturated carbocycles. The quantitative estimate of drug-likeness (QED) is 0.752. The van der Waals surface area contributed by atoms with E-state index in [4.69, 9.17) is 11.2 Å². The summed E-state index contributed by atoms with van der Waals surface area (Å²) >= 11 is 0. The van der Waals surface area contributed by atoms with Gasteiger partial charge >= 0.3 is 6.09 Å². The number of carbonyl (C=O) groups excluding carboxylic acids is 2. The van der Waals surface area contributed by atoms with Crippen molar-refractivity contribution >= 4 is 21.8 Å². The molecule has 7 nitrogen and oxygen atoms in total. The van der Waals surface area contributed by atoms with E-state index in [1.54, 1.807) is 12.1 Å². The zero-order chi connectivity index (χ0) is 17.7. The van der Waals surface area contributed by atoms with E-state index in [1.807, 2.05) is 0 Å². The number of benzene rings is 1. The molecule has 1 heterocycles. The van der Waals surface area contributed by atoms with Crippen molar-refractivity contribution in [2.24, 2.45) is 0 Å². The second-order valence-corrected chi connectivity index (χ2v) is 7.36. The molecule has 1 aliphatic heterocycles. The van der Waals surface area contributed by atoms with Crippen LogP contribution in [0.3, 0.4) is 0 Å². The topological polar surface area (TPSA) is 84.0 Å². The SMILES string of the molecule is C#CCOC(=O)N1CCCN1C(=O)Cc1ccc(S(C)(=O)=O)cc1. The van der Waals surface area contributed by atoms with Crippen LogP contribution in [0.25, 0.3) is 0 Å². The molecule has 0 radical (unpaired) electrons. The molecule has 8 heteroatoms. The predicted molar refractivity (Wildman–Crippen MR) is 86.5 cm³/mol. The average Bonchev–Trinajstić information content (AvgIpc) is 3.02. The van der Waals surface area contributed by atoms with Crippen molar-refractivity contribution in [3.63, 3.8) is 0 Å². The lowest BCUT2D eigenvalue weighted by atomic mass is 10.1. The first kappa shape index (κ1) is 17.8. The summed E-state index contributed by atoms with van der Waals surface area (Å²) in [6, 6.07) is 6.10. The van der Waals surface area contributed by atoms with Gasteiger partial charge in [-0.3, -0.25) is 4.79 Å². The summed E-state index contributed by atoms with van der Waals surface area (Å²) in [5, 5.41) is 2.58. The molecule has 0 spiro atoms. The zero-order valence-electron chi connectivity index (χ0n) is 13.3. The van der Waals surface area contributed by atoms with Crippen LogP contribution in [0, 0.1) is 12.3 Å². The minimum atomic E-state index is -3.27. The lowest BCUT2D eigenvalue weighted by Gasteiger charge is -2.26. The minimum Gasteiger partial charge on any atom is -0.435 e. The highest BCUT2D eigenvalue weighted by atomic mass is 32.2. The van der Waals surface area contributed by atoms with Crippen LogP contribution in [0.4, 0.5) is 4.79 Å². The molecule has 128 valence electrons. The Bertz CT molecular complexity index is 765. The zero-order valence-corrected chi connectivity index (χ0v) is 14.1. The van der Waals surface area contributed by atoms with Gasteiger partial charge in [-0.2, -0.15) is 0 Å². The Morgan fingerprint density at radius 1 is 1.21 bits per heavy atom. The normalized spacial score (nSPS) is 14.3. The highest BCUT2D eigenvalue weighted by Gasteiger charge is 2.31. The van der Waals surface area contributed by atoms with E-state index in [9.17, 15) is 18.0 Å². The number of carbonyl (C=O) groups is 2. The number of sulfone groups is 1. The molecule has 0 bridgehead atoms. The van der Waals surface area contributed by atoms with Gasteiger partial charge in [0.25, 0.3) is 0 Å². The first-order chi connectivity index (χ1) is 11.3. The molecule has 24 heavy (non-hydrogen) atoms. The summed E-state index contributed by atoms with van der Waals surface area (Å²) < 4.78 is 27.7. The number of hydrogen-bond donors (Lipinski definition) is 0. The summed E-state index contributed by atoms with van der Waals surface area (Å²) in [6.07, 6.45) is 6.24. The van der Waals surface area contributed by atoms with Crippen molar-refractivity contribution in [3.05, 3.63) is 29.8 Å². The standard InChI is InChI=1S/C16H18N2O5S/c1-3-11-23-16(20)18-10-4-9-17(18)15(19)12-13-5-7-14(8-6-13)24(2,21)22/h1,5-8H,4,9-12H2,2H3. The second-order valence-electron chi connectivity index (χ2n) is 5.35. The molecule has 0 N–H and O–H groups in total. The highest BCUT2D eigenvalue weighted by molar-refractivity contribution is 7.90. The van der Waals surface area contributed by atoms with Crippen LogP contribution < -0.4 is 0 Å². The van der Waals surface area contributed by atoms with Crippen molar-refractivity contribution in [1.82, 2.24) is 10.0 Å². The lowest BCUT2D eigenvalue weighted by Crippen LogP contribution is -2.45. The van der Waals surface area contributed by atoms with Gasteiger partial charge in [-0.1, -0.05) is 18.1 Å². The predicted octanol–water partition coefficient (Wildman–Crippen LogP) is 0.852. The first-order valence-electron chi connectivity index (χ1n) is 7.30. The summed E-state index contributed by atoms with van der Waals surface area (Å²) in [5.41, 5.74) is 0.663. The van der Waals surface area contributed by atoms with Crippen molar-refractivity contribution in [2.45, 2.75) is 17.7 Å². The Hall–Kier alpha value is -2.53. The summed E-state index contributed by atoms with van der Waals surface area (Å²) in [6.45, 7) is 0.665.